The van der Waals surface area contributed by atoms with Crippen molar-refractivity contribution < 1.29 is 14.8 Å². The summed E-state index contributed by atoms with van der Waals surface area (Å²) in [5.74, 6) is -0.513. The Hall–Kier alpha value is -2.93. The largest absolute Gasteiger partial charge is 0.378 e. The molecule has 1 amide bonds. The summed E-state index contributed by atoms with van der Waals surface area (Å²) in [6.07, 6.45) is -1.23. The highest BCUT2D eigenvalue weighted by Crippen LogP contribution is 2.22. The summed E-state index contributed by atoms with van der Waals surface area (Å²) in [6, 6.07) is 14.9. The van der Waals surface area contributed by atoms with Crippen molar-refractivity contribution in [3.05, 3.63) is 70.3 Å². The van der Waals surface area contributed by atoms with Crippen molar-refractivity contribution in [3.8, 4) is 0 Å². The van der Waals surface area contributed by atoms with Gasteiger partial charge in [-0.05, 0) is 11.6 Å². The monoisotopic (exact) mass is 315 g/mol. The number of hydrogen-bond donors (Lipinski definition) is 3. The molecule has 0 aliphatic carbocycles. The lowest BCUT2D eigenvalue weighted by molar-refractivity contribution is -0.384. The van der Waals surface area contributed by atoms with Crippen LogP contribution in [0, 0.1) is 10.1 Å². The number of nitro benzene ring substituents is 1. The maximum absolute atomic E-state index is 11.8. The molecule has 0 bridgehead atoms. The summed E-state index contributed by atoms with van der Waals surface area (Å²) in [7, 11) is 0. The molecule has 1 unspecified atom stereocenters. The fraction of sp³-hybridized carbons (Fsp3) is 0.188. The van der Waals surface area contributed by atoms with E-state index in [1.807, 2.05) is 0 Å². The van der Waals surface area contributed by atoms with Gasteiger partial charge < -0.3 is 15.7 Å². The van der Waals surface area contributed by atoms with Crippen LogP contribution in [-0.2, 0) is 4.79 Å². The van der Waals surface area contributed by atoms with Gasteiger partial charge in [-0.25, -0.2) is 0 Å². The Morgan fingerprint density at radius 3 is 2.43 bits per heavy atom. The zero-order valence-corrected chi connectivity index (χ0v) is 12.3. The third-order valence-electron chi connectivity index (χ3n) is 3.20. The molecule has 7 heteroatoms. The third kappa shape index (κ3) is 4.52. The minimum atomic E-state index is -1.23. The molecule has 7 nitrogen and oxygen atoms in total. The topological polar surface area (TPSA) is 104 Å². The van der Waals surface area contributed by atoms with Gasteiger partial charge >= 0.3 is 0 Å². The number of carbonyl (C=O) groups is 1. The molecule has 3 N–H and O–H groups in total. The predicted octanol–water partition coefficient (Wildman–Crippen LogP) is 1.86. The van der Waals surface area contributed by atoms with Gasteiger partial charge in [-0.1, -0.05) is 42.5 Å². The molecule has 0 aliphatic heterocycles. The van der Waals surface area contributed by atoms with Crippen LogP contribution in [0.2, 0.25) is 0 Å². The number of rotatable bonds is 7. The molecule has 0 saturated carbocycles. The lowest BCUT2D eigenvalue weighted by Gasteiger charge is -2.12. The lowest BCUT2D eigenvalue weighted by atomic mass is 10.1. The highest BCUT2D eigenvalue weighted by Gasteiger charge is 2.16. The van der Waals surface area contributed by atoms with Crippen LogP contribution >= 0.6 is 0 Å². The zero-order chi connectivity index (χ0) is 16.7. The average Bonchev–Trinajstić information content (AvgIpc) is 2.58. The maximum Gasteiger partial charge on any atom is 0.292 e. The molecule has 0 saturated heterocycles. The van der Waals surface area contributed by atoms with Crippen molar-refractivity contribution in [3.63, 3.8) is 0 Å². The number of carbonyl (C=O) groups excluding carboxylic acids is 1. The number of benzene rings is 2. The van der Waals surface area contributed by atoms with Gasteiger partial charge in [-0.2, -0.15) is 0 Å². The van der Waals surface area contributed by atoms with E-state index in [-0.39, 0.29) is 12.2 Å². The summed E-state index contributed by atoms with van der Waals surface area (Å²) in [5.41, 5.74) is 0.871. The number of nitrogens with one attached hydrogen (secondary N) is 2. The fourth-order valence-electron chi connectivity index (χ4n) is 2.05. The van der Waals surface area contributed by atoms with Crippen molar-refractivity contribution in [2.45, 2.75) is 6.10 Å². The quantitative estimate of drug-likeness (QED) is 0.411. The van der Waals surface area contributed by atoms with E-state index in [1.54, 1.807) is 48.5 Å². The van der Waals surface area contributed by atoms with Gasteiger partial charge in [0.25, 0.3) is 11.6 Å². The minimum Gasteiger partial charge on any atom is -0.378 e. The number of aliphatic hydroxyl groups excluding tert-OH is 1. The molecule has 2 rings (SSSR count). The summed E-state index contributed by atoms with van der Waals surface area (Å²) in [4.78, 5) is 22.2. The highest BCUT2D eigenvalue weighted by atomic mass is 16.6. The van der Waals surface area contributed by atoms with Crippen molar-refractivity contribution in [2.24, 2.45) is 0 Å². The van der Waals surface area contributed by atoms with E-state index in [2.05, 4.69) is 10.6 Å². The first-order valence-corrected chi connectivity index (χ1v) is 7.07. The number of para-hydroxylation sites is 2. The summed E-state index contributed by atoms with van der Waals surface area (Å²) in [6.45, 7) is 0.535. The molecule has 0 aromatic heterocycles. The van der Waals surface area contributed by atoms with Crippen molar-refractivity contribution in [2.75, 3.05) is 18.4 Å². The molecular formula is C16H17N3O4. The van der Waals surface area contributed by atoms with Crippen molar-refractivity contribution >= 4 is 17.3 Å². The zero-order valence-electron chi connectivity index (χ0n) is 12.3. The Morgan fingerprint density at radius 1 is 1.09 bits per heavy atom. The van der Waals surface area contributed by atoms with Crippen LogP contribution in [0.1, 0.15) is 11.7 Å². The third-order valence-corrected chi connectivity index (χ3v) is 3.20. The smallest absolute Gasteiger partial charge is 0.292 e. The number of nitrogens with zero attached hydrogens (tertiary/aromatic N) is 1. The van der Waals surface area contributed by atoms with Crippen LogP contribution < -0.4 is 10.6 Å². The van der Waals surface area contributed by atoms with E-state index in [0.717, 1.165) is 0 Å². The Morgan fingerprint density at radius 2 is 1.74 bits per heavy atom. The number of amides is 1. The molecule has 0 aliphatic rings. The second-order valence-corrected chi connectivity index (χ2v) is 4.81. The van der Waals surface area contributed by atoms with Crippen LogP contribution in [0.5, 0.6) is 0 Å². The molecule has 23 heavy (non-hydrogen) atoms. The number of nitro groups is 1. The summed E-state index contributed by atoms with van der Waals surface area (Å²) >= 11 is 0. The SMILES string of the molecule is O=C(NCCNc1ccccc1[N+](=O)[O-])C(O)c1ccccc1. The van der Waals surface area contributed by atoms with Crippen LogP contribution in [0.25, 0.3) is 0 Å². The minimum absolute atomic E-state index is 0.0249. The van der Waals surface area contributed by atoms with Crippen molar-refractivity contribution in [1.29, 1.82) is 0 Å². The Kier molecular flexibility index (Phi) is 5.65. The first-order valence-electron chi connectivity index (χ1n) is 7.07. The van der Waals surface area contributed by atoms with E-state index in [0.29, 0.717) is 17.8 Å². The molecule has 2 aromatic carbocycles. The van der Waals surface area contributed by atoms with Crippen LogP contribution in [0.15, 0.2) is 54.6 Å². The van der Waals surface area contributed by atoms with Crippen LogP contribution in [0.4, 0.5) is 11.4 Å². The number of anilines is 1. The van der Waals surface area contributed by atoms with Gasteiger partial charge in [0.2, 0.25) is 0 Å². The molecule has 0 heterocycles. The fourth-order valence-corrected chi connectivity index (χ4v) is 2.05. The second-order valence-electron chi connectivity index (χ2n) is 4.81. The van der Waals surface area contributed by atoms with Crippen LogP contribution in [0.3, 0.4) is 0 Å². The Bertz CT molecular complexity index is 676. The predicted molar refractivity (Wildman–Crippen MR) is 86.0 cm³/mol. The Labute approximate surface area is 133 Å². The lowest BCUT2D eigenvalue weighted by Crippen LogP contribution is -2.33. The molecular weight excluding hydrogens is 298 g/mol. The van der Waals surface area contributed by atoms with Gasteiger partial charge in [-0.3, -0.25) is 14.9 Å². The van der Waals surface area contributed by atoms with E-state index in [1.165, 1.54) is 6.07 Å². The second kappa shape index (κ2) is 7.90. The number of aliphatic hydroxyl groups is 1. The van der Waals surface area contributed by atoms with Crippen LogP contribution in [-0.4, -0.2) is 29.0 Å². The maximum atomic E-state index is 11.8. The van der Waals surface area contributed by atoms with E-state index in [9.17, 15) is 20.0 Å². The normalized spacial score (nSPS) is 11.5. The highest BCUT2D eigenvalue weighted by molar-refractivity contribution is 5.81. The first kappa shape index (κ1) is 16.4. The van der Waals surface area contributed by atoms with E-state index >= 15 is 0 Å². The summed E-state index contributed by atoms with van der Waals surface area (Å²) in [5, 5.41) is 26.2. The van der Waals surface area contributed by atoms with E-state index in [4.69, 9.17) is 0 Å². The van der Waals surface area contributed by atoms with E-state index < -0.39 is 16.9 Å². The molecule has 1 atom stereocenters. The molecule has 2 aromatic rings. The first-order chi connectivity index (χ1) is 11.1. The molecule has 0 spiro atoms. The van der Waals surface area contributed by atoms with Gasteiger partial charge in [0.05, 0.1) is 4.92 Å². The molecule has 120 valence electrons. The van der Waals surface area contributed by atoms with Crippen molar-refractivity contribution in [1.82, 2.24) is 5.32 Å². The van der Waals surface area contributed by atoms with Gasteiger partial charge in [0.15, 0.2) is 6.10 Å². The molecule has 0 fully saturated rings. The Balaban J connectivity index is 1.82. The average molecular weight is 315 g/mol. The standard InChI is InChI=1S/C16H17N3O4/c20-15(12-6-2-1-3-7-12)16(21)18-11-10-17-13-8-4-5-9-14(13)19(22)23/h1-9,15,17,20H,10-11H2,(H,18,21). The summed E-state index contributed by atoms with van der Waals surface area (Å²) < 4.78 is 0. The van der Waals surface area contributed by atoms with Gasteiger partial charge in [0.1, 0.15) is 5.69 Å². The molecule has 0 radical (unpaired) electrons. The number of hydrogen-bond acceptors (Lipinski definition) is 5. The van der Waals surface area contributed by atoms with Gasteiger partial charge in [-0.15, -0.1) is 0 Å². The van der Waals surface area contributed by atoms with Gasteiger partial charge in [0, 0.05) is 19.2 Å².